The zero-order valence-electron chi connectivity index (χ0n) is 8.98. The van der Waals surface area contributed by atoms with Crippen molar-refractivity contribution in [2.75, 3.05) is 11.1 Å². The van der Waals surface area contributed by atoms with Crippen LogP contribution in [0.15, 0.2) is 30.3 Å². The lowest BCUT2D eigenvalue weighted by Crippen LogP contribution is -1.96. The normalized spacial score (nSPS) is 10.4. The van der Waals surface area contributed by atoms with Crippen molar-refractivity contribution in [2.24, 2.45) is 0 Å². The van der Waals surface area contributed by atoms with Gasteiger partial charge in [-0.3, -0.25) is 0 Å². The highest BCUT2D eigenvalue weighted by molar-refractivity contribution is 6.39. The molecule has 2 rings (SSSR count). The molecule has 0 amide bonds. The van der Waals surface area contributed by atoms with Gasteiger partial charge in [-0.1, -0.05) is 34.8 Å². The van der Waals surface area contributed by atoms with Crippen LogP contribution < -0.4 is 11.1 Å². The molecule has 0 aromatic heterocycles. The second-order valence-electron chi connectivity index (χ2n) is 3.61. The first-order valence-corrected chi connectivity index (χ1v) is 6.07. The molecule has 3 N–H and O–H groups in total. The molecule has 2 aromatic carbocycles. The number of nitrogen functional groups attached to an aromatic ring is 1. The molecule has 0 heterocycles. The molecule has 0 aliphatic heterocycles. The molecule has 0 spiro atoms. The van der Waals surface area contributed by atoms with E-state index in [1.807, 2.05) is 0 Å². The van der Waals surface area contributed by atoms with Gasteiger partial charge in [0.2, 0.25) is 0 Å². The molecular weight excluding hydrogens is 298 g/mol. The minimum absolute atomic E-state index is 0.230. The minimum Gasteiger partial charge on any atom is -0.399 e. The third-order valence-corrected chi connectivity index (χ3v) is 3.09. The van der Waals surface area contributed by atoms with Crippen LogP contribution in [-0.2, 0) is 0 Å². The molecule has 2 aromatic rings. The van der Waals surface area contributed by atoms with Crippen LogP contribution in [0.25, 0.3) is 0 Å². The van der Waals surface area contributed by atoms with E-state index in [9.17, 15) is 4.39 Å². The van der Waals surface area contributed by atoms with Crippen LogP contribution in [0, 0.1) is 5.82 Å². The van der Waals surface area contributed by atoms with Gasteiger partial charge in [-0.15, -0.1) is 0 Å². The first kappa shape index (κ1) is 13.3. The van der Waals surface area contributed by atoms with Gasteiger partial charge < -0.3 is 11.1 Å². The summed E-state index contributed by atoms with van der Waals surface area (Å²) in [5.74, 6) is -0.494. The van der Waals surface area contributed by atoms with Crippen LogP contribution in [0.5, 0.6) is 0 Å². The minimum atomic E-state index is -0.494. The molecule has 18 heavy (non-hydrogen) atoms. The summed E-state index contributed by atoms with van der Waals surface area (Å²) in [5.41, 5.74) is 6.65. The SMILES string of the molecule is Nc1cc(Cl)c(Nc2ccc(Cl)cc2F)c(Cl)c1. The Labute approximate surface area is 118 Å². The van der Waals surface area contributed by atoms with E-state index in [1.165, 1.54) is 24.3 Å². The Hall–Kier alpha value is -1.16. The highest BCUT2D eigenvalue weighted by Gasteiger charge is 2.10. The van der Waals surface area contributed by atoms with Crippen molar-refractivity contribution >= 4 is 51.9 Å². The number of hydrogen-bond donors (Lipinski definition) is 2. The molecule has 2 nitrogen and oxygen atoms in total. The van der Waals surface area contributed by atoms with Crippen molar-refractivity contribution in [1.29, 1.82) is 0 Å². The smallest absolute Gasteiger partial charge is 0.148 e. The van der Waals surface area contributed by atoms with Crippen molar-refractivity contribution in [3.8, 4) is 0 Å². The monoisotopic (exact) mass is 304 g/mol. The standard InChI is InChI=1S/C12H8Cl3FN2/c13-6-1-2-11(10(16)3-6)18-12-8(14)4-7(17)5-9(12)15/h1-5,18H,17H2. The van der Waals surface area contributed by atoms with E-state index in [0.29, 0.717) is 26.4 Å². The van der Waals surface area contributed by atoms with Gasteiger partial charge in [-0.05, 0) is 30.3 Å². The van der Waals surface area contributed by atoms with Crippen LogP contribution in [-0.4, -0.2) is 0 Å². The molecular formula is C12H8Cl3FN2. The second kappa shape index (κ2) is 5.22. The van der Waals surface area contributed by atoms with Crippen molar-refractivity contribution in [2.45, 2.75) is 0 Å². The Morgan fingerprint density at radius 3 is 2.17 bits per heavy atom. The summed E-state index contributed by atoms with van der Waals surface area (Å²) >= 11 is 17.7. The number of nitrogens with two attached hydrogens (primary N) is 1. The maximum atomic E-state index is 13.6. The molecule has 0 radical (unpaired) electrons. The van der Waals surface area contributed by atoms with Gasteiger partial charge in [0.15, 0.2) is 0 Å². The van der Waals surface area contributed by atoms with Crippen molar-refractivity contribution in [3.05, 3.63) is 51.2 Å². The van der Waals surface area contributed by atoms with Crippen LogP contribution in [0.4, 0.5) is 21.5 Å². The summed E-state index contributed by atoms with van der Waals surface area (Å²) in [6.07, 6.45) is 0. The highest BCUT2D eigenvalue weighted by Crippen LogP contribution is 2.35. The third-order valence-electron chi connectivity index (χ3n) is 2.26. The van der Waals surface area contributed by atoms with E-state index < -0.39 is 5.82 Å². The Morgan fingerprint density at radius 2 is 1.61 bits per heavy atom. The van der Waals surface area contributed by atoms with Crippen molar-refractivity contribution < 1.29 is 4.39 Å². The average Bonchev–Trinajstić information content (AvgIpc) is 2.25. The molecule has 0 fully saturated rings. The lowest BCUT2D eigenvalue weighted by Gasteiger charge is -2.12. The molecule has 0 aliphatic rings. The van der Waals surface area contributed by atoms with Crippen molar-refractivity contribution in [1.82, 2.24) is 0 Å². The number of benzene rings is 2. The van der Waals surface area contributed by atoms with Gasteiger partial charge in [-0.25, -0.2) is 4.39 Å². The lowest BCUT2D eigenvalue weighted by molar-refractivity contribution is 0.632. The van der Waals surface area contributed by atoms with E-state index in [1.54, 1.807) is 6.07 Å². The van der Waals surface area contributed by atoms with Gasteiger partial charge >= 0.3 is 0 Å². The third kappa shape index (κ3) is 2.80. The number of anilines is 3. The summed E-state index contributed by atoms with van der Waals surface area (Å²) in [6.45, 7) is 0. The quantitative estimate of drug-likeness (QED) is 0.756. The number of rotatable bonds is 2. The maximum absolute atomic E-state index is 13.6. The fourth-order valence-electron chi connectivity index (χ4n) is 1.44. The molecule has 0 saturated carbocycles. The first-order valence-electron chi connectivity index (χ1n) is 4.94. The fraction of sp³-hybridized carbons (Fsp3) is 0. The Bertz CT molecular complexity index is 579. The summed E-state index contributed by atoms with van der Waals surface area (Å²) in [6, 6.07) is 7.32. The predicted octanol–water partition coefficient (Wildman–Crippen LogP) is 5.11. The first-order chi connectivity index (χ1) is 8.47. The van der Waals surface area contributed by atoms with Gasteiger partial charge in [0.1, 0.15) is 5.82 Å². The van der Waals surface area contributed by atoms with Crippen molar-refractivity contribution in [3.63, 3.8) is 0 Å². The zero-order valence-corrected chi connectivity index (χ0v) is 11.2. The molecule has 0 atom stereocenters. The van der Waals surface area contributed by atoms with E-state index in [4.69, 9.17) is 40.5 Å². The van der Waals surface area contributed by atoms with Gasteiger partial charge in [-0.2, -0.15) is 0 Å². The van der Waals surface area contributed by atoms with E-state index in [0.717, 1.165) is 0 Å². The van der Waals surface area contributed by atoms with Gasteiger partial charge in [0, 0.05) is 10.7 Å². The fourth-order valence-corrected chi connectivity index (χ4v) is 2.19. The lowest BCUT2D eigenvalue weighted by atomic mass is 10.2. The predicted molar refractivity (Wildman–Crippen MR) is 75.6 cm³/mol. The Kier molecular flexibility index (Phi) is 3.85. The summed E-state index contributed by atoms with van der Waals surface area (Å²) in [4.78, 5) is 0. The molecule has 0 saturated heterocycles. The maximum Gasteiger partial charge on any atom is 0.148 e. The molecule has 0 aliphatic carbocycles. The van der Waals surface area contributed by atoms with Crippen LogP contribution >= 0.6 is 34.8 Å². The summed E-state index contributed by atoms with van der Waals surface area (Å²) in [5, 5.41) is 3.75. The molecule has 94 valence electrons. The zero-order chi connectivity index (χ0) is 13.3. The summed E-state index contributed by atoms with van der Waals surface area (Å²) in [7, 11) is 0. The summed E-state index contributed by atoms with van der Waals surface area (Å²) < 4.78 is 13.6. The largest absolute Gasteiger partial charge is 0.399 e. The van der Waals surface area contributed by atoms with E-state index >= 15 is 0 Å². The van der Waals surface area contributed by atoms with E-state index in [2.05, 4.69) is 5.32 Å². The van der Waals surface area contributed by atoms with E-state index in [-0.39, 0.29) is 5.69 Å². The van der Waals surface area contributed by atoms with Crippen LogP contribution in [0.1, 0.15) is 0 Å². The molecule has 6 heteroatoms. The van der Waals surface area contributed by atoms with Crippen LogP contribution in [0.3, 0.4) is 0 Å². The van der Waals surface area contributed by atoms with Crippen LogP contribution in [0.2, 0.25) is 15.1 Å². The molecule has 0 bridgehead atoms. The number of hydrogen-bond acceptors (Lipinski definition) is 2. The average molecular weight is 306 g/mol. The topological polar surface area (TPSA) is 38.0 Å². The molecule has 0 unspecified atom stereocenters. The van der Waals surface area contributed by atoms with Gasteiger partial charge in [0.05, 0.1) is 21.4 Å². The van der Waals surface area contributed by atoms with Gasteiger partial charge in [0.25, 0.3) is 0 Å². The highest BCUT2D eigenvalue weighted by atomic mass is 35.5. The number of halogens is 4. The second-order valence-corrected chi connectivity index (χ2v) is 4.86. The number of nitrogens with one attached hydrogen (secondary N) is 1. The Morgan fingerprint density at radius 1 is 1.00 bits per heavy atom. The Balaban J connectivity index is 2.40.